The van der Waals surface area contributed by atoms with Gasteiger partial charge in [-0.3, -0.25) is 0 Å². The quantitative estimate of drug-likeness (QED) is 0.786. The standard InChI is InChI=1S/C18H23NO/c1-12-8-14(16(11-20)18(2,3)9-12)15-10-19-17-7-5-4-6-13(15)17/h4-8,10,14,16,19-20H,9,11H2,1-3H3/t14-,16-/m0/s1. The second-order valence-corrected chi connectivity index (χ2v) is 6.78. The maximum atomic E-state index is 9.91. The number of nitrogens with one attached hydrogen (secondary N) is 1. The molecule has 20 heavy (non-hydrogen) atoms. The van der Waals surface area contributed by atoms with E-state index in [0.29, 0.717) is 5.92 Å². The number of para-hydroxylation sites is 1. The first kappa shape index (κ1) is 13.4. The van der Waals surface area contributed by atoms with E-state index in [4.69, 9.17) is 0 Å². The lowest BCUT2D eigenvalue weighted by Gasteiger charge is -2.42. The number of aromatic amines is 1. The molecule has 1 aromatic heterocycles. The van der Waals surface area contributed by atoms with E-state index < -0.39 is 0 Å². The summed E-state index contributed by atoms with van der Waals surface area (Å²) in [6, 6.07) is 8.41. The molecule has 106 valence electrons. The van der Waals surface area contributed by atoms with E-state index in [1.54, 1.807) is 0 Å². The van der Waals surface area contributed by atoms with Gasteiger partial charge in [-0.25, -0.2) is 0 Å². The molecule has 1 aromatic carbocycles. The number of aliphatic hydroxyl groups is 1. The van der Waals surface area contributed by atoms with E-state index >= 15 is 0 Å². The van der Waals surface area contributed by atoms with Crippen molar-refractivity contribution in [1.82, 2.24) is 4.98 Å². The largest absolute Gasteiger partial charge is 0.396 e. The maximum Gasteiger partial charge on any atom is 0.0473 e. The number of aliphatic hydroxyl groups excluding tert-OH is 1. The molecule has 0 bridgehead atoms. The molecule has 2 nitrogen and oxygen atoms in total. The zero-order valence-electron chi connectivity index (χ0n) is 12.5. The number of hydrogen-bond donors (Lipinski definition) is 2. The van der Waals surface area contributed by atoms with Gasteiger partial charge in [0.25, 0.3) is 0 Å². The van der Waals surface area contributed by atoms with Crippen LogP contribution in [0.15, 0.2) is 42.1 Å². The lowest BCUT2D eigenvalue weighted by molar-refractivity contribution is 0.0966. The summed E-state index contributed by atoms with van der Waals surface area (Å²) in [5.41, 5.74) is 4.05. The third-order valence-corrected chi connectivity index (χ3v) is 4.81. The third kappa shape index (κ3) is 2.08. The topological polar surface area (TPSA) is 36.0 Å². The molecular weight excluding hydrogens is 246 g/mol. The molecule has 0 saturated heterocycles. The molecule has 2 aromatic rings. The van der Waals surface area contributed by atoms with Gasteiger partial charge < -0.3 is 10.1 Å². The van der Waals surface area contributed by atoms with Crippen LogP contribution in [0.2, 0.25) is 0 Å². The van der Waals surface area contributed by atoms with Crippen molar-refractivity contribution in [2.45, 2.75) is 33.1 Å². The summed E-state index contributed by atoms with van der Waals surface area (Å²) >= 11 is 0. The zero-order chi connectivity index (χ0) is 14.3. The smallest absolute Gasteiger partial charge is 0.0473 e. The van der Waals surface area contributed by atoms with Crippen molar-refractivity contribution >= 4 is 10.9 Å². The minimum absolute atomic E-state index is 0.136. The van der Waals surface area contributed by atoms with Crippen LogP contribution in [-0.2, 0) is 0 Å². The van der Waals surface area contributed by atoms with Crippen LogP contribution in [0, 0.1) is 11.3 Å². The van der Waals surface area contributed by atoms with E-state index in [-0.39, 0.29) is 17.9 Å². The Bertz CT molecular complexity index is 650. The van der Waals surface area contributed by atoms with Crippen LogP contribution < -0.4 is 0 Å². The van der Waals surface area contributed by atoms with Gasteiger partial charge in [-0.05, 0) is 36.3 Å². The lowest BCUT2D eigenvalue weighted by Crippen LogP contribution is -2.35. The summed E-state index contributed by atoms with van der Waals surface area (Å²) in [4.78, 5) is 3.36. The van der Waals surface area contributed by atoms with Gasteiger partial charge in [-0.2, -0.15) is 0 Å². The van der Waals surface area contributed by atoms with E-state index in [0.717, 1.165) is 6.42 Å². The molecule has 1 aliphatic rings. The van der Waals surface area contributed by atoms with Crippen molar-refractivity contribution in [3.05, 3.63) is 47.7 Å². The Balaban J connectivity index is 2.13. The van der Waals surface area contributed by atoms with Crippen molar-refractivity contribution in [2.24, 2.45) is 11.3 Å². The molecular formula is C18H23NO. The molecule has 1 aliphatic carbocycles. The van der Waals surface area contributed by atoms with Gasteiger partial charge in [-0.15, -0.1) is 0 Å². The van der Waals surface area contributed by atoms with Crippen LogP contribution in [0.25, 0.3) is 10.9 Å². The number of rotatable bonds is 2. The Morgan fingerprint density at radius 3 is 2.80 bits per heavy atom. The summed E-state index contributed by atoms with van der Waals surface area (Å²) in [6.07, 6.45) is 5.53. The number of allylic oxidation sites excluding steroid dienone is 2. The van der Waals surface area contributed by atoms with Crippen molar-refractivity contribution in [3.63, 3.8) is 0 Å². The SMILES string of the molecule is CC1=C[C@@H](c2c[nH]c3ccccc23)[C@H](CO)C(C)(C)C1. The Labute approximate surface area is 120 Å². The number of hydrogen-bond acceptors (Lipinski definition) is 1. The van der Waals surface area contributed by atoms with Crippen LogP contribution in [0.3, 0.4) is 0 Å². The van der Waals surface area contributed by atoms with Crippen LogP contribution in [0.1, 0.15) is 38.7 Å². The first-order valence-corrected chi connectivity index (χ1v) is 7.37. The normalized spacial score (nSPS) is 25.7. The van der Waals surface area contributed by atoms with Gasteiger partial charge in [0.2, 0.25) is 0 Å². The van der Waals surface area contributed by atoms with Crippen molar-refractivity contribution in [3.8, 4) is 0 Å². The van der Waals surface area contributed by atoms with Gasteiger partial charge >= 0.3 is 0 Å². The number of H-pyrrole nitrogens is 1. The monoisotopic (exact) mass is 269 g/mol. The third-order valence-electron chi connectivity index (χ3n) is 4.81. The first-order chi connectivity index (χ1) is 9.53. The minimum Gasteiger partial charge on any atom is -0.396 e. The molecule has 0 spiro atoms. The molecule has 0 amide bonds. The van der Waals surface area contributed by atoms with E-state index in [1.807, 2.05) is 0 Å². The Morgan fingerprint density at radius 1 is 1.30 bits per heavy atom. The molecule has 2 atom stereocenters. The zero-order valence-corrected chi connectivity index (χ0v) is 12.5. The predicted molar refractivity (Wildman–Crippen MR) is 83.8 cm³/mol. The van der Waals surface area contributed by atoms with Gasteiger partial charge in [-0.1, -0.05) is 43.7 Å². The van der Waals surface area contributed by atoms with Crippen molar-refractivity contribution < 1.29 is 5.11 Å². The van der Waals surface area contributed by atoms with Gasteiger partial charge in [0.1, 0.15) is 0 Å². The minimum atomic E-state index is 0.136. The van der Waals surface area contributed by atoms with Crippen molar-refractivity contribution in [2.75, 3.05) is 6.61 Å². The van der Waals surface area contributed by atoms with E-state index in [2.05, 4.69) is 62.3 Å². The van der Waals surface area contributed by atoms with E-state index in [1.165, 1.54) is 22.0 Å². The summed E-state index contributed by atoms with van der Waals surface area (Å²) in [6.45, 7) is 6.98. The highest BCUT2D eigenvalue weighted by molar-refractivity contribution is 5.84. The number of aromatic nitrogens is 1. The fourth-order valence-electron chi connectivity index (χ4n) is 3.85. The number of fused-ring (bicyclic) bond motifs is 1. The summed E-state index contributed by atoms with van der Waals surface area (Å²) < 4.78 is 0. The van der Waals surface area contributed by atoms with Crippen LogP contribution in [0.5, 0.6) is 0 Å². The highest BCUT2D eigenvalue weighted by Crippen LogP contribution is 2.48. The number of benzene rings is 1. The summed E-state index contributed by atoms with van der Waals surface area (Å²) in [7, 11) is 0. The van der Waals surface area contributed by atoms with Crippen molar-refractivity contribution in [1.29, 1.82) is 0 Å². The Hall–Kier alpha value is -1.54. The van der Waals surface area contributed by atoms with Gasteiger partial charge in [0, 0.05) is 29.6 Å². The predicted octanol–water partition coefficient (Wildman–Crippen LogP) is 4.24. The average molecular weight is 269 g/mol. The highest BCUT2D eigenvalue weighted by Gasteiger charge is 2.39. The second-order valence-electron chi connectivity index (χ2n) is 6.78. The molecule has 0 fully saturated rings. The fourth-order valence-corrected chi connectivity index (χ4v) is 3.85. The van der Waals surface area contributed by atoms with Gasteiger partial charge in [0.15, 0.2) is 0 Å². The molecule has 3 rings (SSSR count). The Kier molecular flexibility index (Phi) is 3.21. The molecule has 0 saturated carbocycles. The van der Waals surface area contributed by atoms with Crippen LogP contribution in [-0.4, -0.2) is 16.7 Å². The summed E-state index contributed by atoms with van der Waals surface area (Å²) in [5.74, 6) is 0.560. The molecule has 1 heterocycles. The Morgan fingerprint density at radius 2 is 2.05 bits per heavy atom. The second kappa shape index (κ2) is 4.78. The molecule has 2 heteroatoms. The van der Waals surface area contributed by atoms with E-state index in [9.17, 15) is 5.11 Å². The highest BCUT2D eigenvalue weighted by atomic mass is 16.3. The molecule has 0 unspecified atom stereocenters. The van der Waals surface area contributed by atoms with Gasteiger partial charge in [0.05, 0.1) is 0 Å². The van der Waals surface area contributed by atoms with Crippen LogP contribution in [0.4, 0.5) is 0 Å². The summed E-state index contributed by atoms with van der Waals surface area (Å²) in [5, 5.41) is 11.2. The molecule has 0 radical (unpaired) electrons. The fraction of sp³-hybridized carbons (Fsp3) is 0.444. The first-order valence-electron chi connectivity index (χ1n) is 7.37. The molecule has 0 aliphatic heterocycles. The average Bonchev–Trinajstić information content (AvgIpc) is 2.80. The molecule has 2 N–H and O–H groups in total. The van der Waals surface area contributed by atoms with Crippen LogP contribution >= 0.6 is 0 Å². The maximum absolute atomic E-state index is 9.91. The lowest BCUT2D eigenvalue weighted by atomic mass is 9.63.